The van der Waals surface area contributed by atoms with Crippen molar-refractivity contribution in [2.24, 2.45) is 0 Å². The number of nitrogens with one attached hydrogen (secondary N) is 1. The molecule has 0 bridgehead atoms. The van der Waals surface area contributed by atoms with Gasteiger partial charge in [0.2, 0.25) is 0 Å². The molecule has 10 heteroatoms. The Balaban J connectivity index is 1.62. The fourth-order valence-corrected chi connectivity index (χ4v) is 3.69. The van der Waals surface area contributed by atoms with Gasteiger partial charge in [0, 0.05) is 32.0 Å². The number of halogens is 4. The summed E-state index contributed by atoms with van der Waals surface area (Å²) in [6, 6.07) is -1.14. The molecule has 1 saturated heterocycles. The van der Waals surface area contributed by atoms with Crippen molar-refractivity contribution < 1.29 is 27.1 Å². The minimum atomic E-state index is -4.53. The molecule has 3 heterocycles. The van der Waals surface area contributed by atoms with Crippen LogP contribution in [0.3, 0.4) is 0 Å². The summed E-state index contributed by atoms with van der Waals surface area (Å²) < 4.78 is 60.4. The van der Waals surface area contributed by atoms with Crippen molar-refractivity contribution >= 4 is 11.7 Å². The Hall–Kier alpha value is -2.36. The number of aromatic nitrogens is 2. The molecule has 0 saturated carbocycles. The van der Waals surface area contributed by atoms with Gasteiger partial charge < -0.3 is 15.0 Å². The molecule has 3 atom stereocenters. The van der Waals surface area contributed by atoms with E-state index in [0.29, 0.717) is 31.9 Å². The molecule has 0 spiro atoms. The maximum Gasteiger partial charge on any atom is 0.410 e. The molecule has 1 aromatic rings. The van der Waals surface area contributed by atoms with E-state index in [0.717, 1.165) is 4.68 Å². The van der Waals surface area contributed by atoms with Crippen molar-refractivity contribution in [1.29, 1.82) is 0 Å². The zero-order valence-corrected chi connectivity index (χ0v) is 15.0. The summed E-state index contributed by atoms with van der Waals surface area (Å²) in [6.07, 6.45) is -1.31. The first kappa shape index (κ1) is 19.0. The van der Waals surface area contributed by atoms with Crippen LogP contribution in [0.1, 0.15) is 29.4 Å². The van der Waals surface area contributed by atoms with Gasteiger partial charge in [0.15, 0.2) is 11.7 Å². The average Bonchev–Trinajstić information content (AvgIpc) is 3.11. The van der Waals surface area contributed by atoms with Gasteiger partial charge in [0.25, 0.3) is 5.91 Å². The first-order valence-electron chi connectivity index (χ1n) is 9.15. The highest BCUT2D eigenvalue weighted by molar-refractivity contribution is 5.93. The smallest absolute Gasteiger partial charge is 0.378 e. The molecule has 28 heavy (non-hydrogen) atoms. The fraction of sp³-hybridized carbons (Fsp3) is 0.556. The highest BCUT2D eigenvalue weighted by atomic mass is 19.4. The summed E-state index contributed by atoms with van der Waals surface area (Å²) in [6.45, 7) is 1.53. The summed E-state index contributed by atoms with van der Waals surface area (Å²) in [5.74, 6) is -0.284. The second kappa shape index (κ2) is 7.23. The fourth-order valence-electron chi connectivity index (χ4n) is 3.69. The van der Waals surface area contributed by atoms with E-state index in [1.54, 1.807) is 6.08 Å². The molecular weight excluding hydrogens is 380 g/mol. The Morgan fingerprint density at radius 1 is 1.29 bits per heavy atom. The lowest BCUT2D eigenvalue weighted by atomic mass is 9.93. The van der Waals surface area contributed by atoms with Gasteiger partial charge in [-0.3, -0.25) is 4.79 Å². The van der Waals surface area contributed by atoms with E-state index in [-0.39, 0.29) is 24.4 Å². The average molecular weight is 400 g/mol. The second-order valence-electron chi connectivity index (χ2n) is 7.07. The van der Waals surface area contributed by atoms with E-state index < -0.39 is 30.3 Å². The van der Waals surface area contributed by atoms with Crippen LogP contribution in [0.5, 0.6) is 0 Å². The number of fused-ring (bicyclic) bond motifs is 1. The summed E-state index contributed by atoms with van der Waals surface area (Å²) in [4.78, 5) is 14.1. The summed E-state index contributed by atoms with van der Waals surface area (Å²) in [5, 5.41) is 6.99. The normalized spacial score (nSPS) is 27.8. The molecule has 152 valence electrons. The predicted octanol–water partition coefficient (Wildman–Crippen LogP) is 2.87. The number of nitrogens with zero attached hydrogens (tertiary/aromatic N) is 3. The van der Waals surface area contributed by atoms with Gasteiger partial charge in [-0.15, -0.1) is 0 Å². The zero-order chi connectivity index (χ0) is 19.9. The third-order valence-electron chi connectivity index (χ3n) is 5.19. The third-order valence-corrected chi connectivity index (χ3v) is 5.19. The molecule has 6 nitrogen and oxygen atoms in total. The number of hydrogen-bond donors (Lipinski definition) is 1. The van der Waals surface area contributed by atoms with Gasteiger partial charge >= 0.3 is 6.18 Å². The molecular formula is C18H20F4N4O2. The van der Waals surface area contributed by atoms with E-state index in [4.69, 9.17) is 4.74 Å². The summed E-state index contributed by atoms with van der Waals surface area (Å²) in [7, 11) is 0. The van der Waals surface area contributed by atoms with Gasteiger partial charge in [0.1, 0.15) is 12.0 Å². The largest absolute Gasteiger partial charge is 0.410 e. The monoisotopic (exact) mass is 400 g/mol. The van der Waals surface area contributed by atoms with Crippen molar-refractivity contribution in [3.05, 3.63) is 35.6 Å². The molecule has 1 N–H and O–H groups in total. The van der Waals surface area contributed by atoms with Crippen LogP contribution in [-0.2, 0) is 4.74 Å². The number of ether oxygens (including phenoxy) is 1. The highest BCUT2D eigenvalue weighted by Crippen LogP contribution is 2.41. The van der Waals surface area contributed by atoms with Crippen LogP contribution in [0.15, 0.2) is 29.9 Å². The lowest BCUT2D eigenvalue weighted by Crippen LogP contribution is -2.41. The Morgan fingerprint density at radius 2 is 2.04 bits per heavy atom. The van der Waals surface area contributed by atoms with Gasteiger partial charge in [-0.05, 0) is 5.57 Å². The summed E-state index contributed by atoms with van der Waals surface area (Å²) >= 11 is 0. The quantitative estimate of drug-likeness (QED) is 0.776. The number of anilines is 1. The number of rotatable bonds is 2. The zero-order valence-electron chi connectivity index (χ0n) is 15.0. The number of hydrogen-bond acceptors (Lipinski definition) is 4. The number of amides is 1. The van der Waals surface area contributed by atoms with Crippen molar-refractivity contribution in [2.75, 3.05) is 31.6 Å². The lowest BCUT2D eigenvalue weighted by molar-refractivity contribution is -0.173. The highest BCUT2D eigenvalue weighted by Gasteiger charge is 2.47. The first-order valence-corrected chi connectivity index (χ1v) is 9.15. The maximum atomic E-state index is 13.7. The van der Waals surface area contributed by atoms with Crippen molar-refractivity contribution in [3.8, 4) is 0 Å². The van der Waals surface area contributed by atoms with Gasteiger partial charge in [0.05, 0.1) is 19.3 Å². The van der Waals surface area contributed by atoms with E-state index in [1.807, 2.05) is 0 Å². The SMILES string of the molecule is O=C(c1cc2n(n1)C(C(F)(F)F)C[C@H](C1=CCC(F)C=C1)N2)N1CCOCC1. The van der Waals surface area contributed by atoms with Gasteiger partial charge in [-0.1, -0.05) is 18.2 Å². The van der Waals surface area contributed by atoms with Crippen LogP contribution in [-0.4, -0.2) is 65.3 Å². The molecule has 2 aliphatic heterocycles. The summed E-state index contributed by atoms with van der Waals surface area (Å²) in [5.41, 5.74) is 0.577. The van der Waals surface area contributed by atoms with Gasteiger partial charge in [-0.25, -0.2) is 9.07 Å². The molecule has 0 radical (unpaired) electrons. The van der Waals surface area contributed by atoms with Crippen LogP contribution < -0.4 is 5.32 Å². The molecule has 0 aromatic carbocycles. The van der Waals surface area contributed by atoms with Crippen LogP contribution in [0.2, 0.25) is 0 Å². The molecule has 1 aliphatic carbocycles. The van der Waals surface area contributed by atoms with Gasteiger partial charge in [-0.2, -0.15) is 18.3 Å². The van der Waals surface area contributed by atoms with Crippen molar-refractivity contribution in [1.82, 2.24) is 14.7 Å². The van der Waals surface area contributed by atoms with E-state index in [1.165, 1.54) is 23.1 Å². The molecule has 4 rings (SSSR count). The van der Waals surface area contributed by atoms with Crippen molar-refractivity contribution in [3.63, 3.8) is 0 Å². The van der Waals surface area contributed by atoms with Crippen LogP contribution in [0, 0.1) is 0 Å². The van der Waals surface area contributed by atoms with Crippen molar-refractivity contribution in [2.45, 2.75) is 37.3 Å². The van der Waals surface area contributed by atoms with Crippen LogP contribution in [0.25, 0.3) is 0 Å². The number of morpholine rings is 1. The molecule has 3 aliphatic rings. The Morgan fingerprint density at radius 3 is 2.68 bits per heavy atom. The number of carbonyl (C=O) groups excluding carboxylic acids is 1. The Kier molecular flexibility index (Phi) is 4.90. The van der Waals surface area contributed by atoms with E-state index in [9.17, 15) is 22.4 Å². The first-order chi connectivity index (χ1) is 13.3. The number of carbonyl (C=O) groups is 1. The second-order valence-corrected chi connectivity index (χ2v) is 7.07. The third kappa shape index (κ3) is 3.65. The Labute approximate surface area is 158 Å². The minimum Gasteiger partial charge on any atom is -0.378 e. The maximum absolute atomic E-state index is 13.7. The number of allylic oxidation sites excluding steroid dienone is 2. The minimum absolute atomic E-state index is 0.0312. The Bertz CT molecular complexity index is 811. The predicted molar refractivity (Wildman–Crippen MR) is 92.8 cm³/mol. The van der Waals surface area contributed by atoms with E-state index >= 15 is 0 Å². The number of alkyl halides is 4. The van der Waals surface area contributed by atoms with Crippen LogP contribution >= 0.6 is 0 Å². The molecule has 2 unspecified atom stereocenters. The molecule has 1 aromatic heterocycles. The standard InChI is InChI=1S/C18H20F4N4O2/c19-12-3-1-11(2-4-12)13-9-15(18(20,21)22)26-16(23-13)10-14(24-26)17(27)25-5-7-28-8-6-25/h1-3,10,12-13,15,23H,4-9H2/t12?,13-,15?/m1/s1. The van der Waals surface area contributed by atoms with E-state index in [2.05, 4.69) is 10.4 Å². The molecule has 1 amide bonds. The molecule has 1 fully saturated rings. The lowest BCUT2D eigenvalue weighted by Gasteiger charge is -2.34. The van der Waals surface area contributed by atoms with Crippen LogP contribution in [0.4, 0.5) is 23.4 Å². The topological polar surface area (TPSA) is 59.4 Å².